The van der Waals surface area contributed by atoms with Crippen molar-refractivity contribution < 1.29 is 18.1 Å². The smallest absolute Gasteiger partial charge is 0.302 e. The predicted octanol–water partition coefficient (Wildman–Crippen LogP) is 4.58. The van der Waals surface area contributed by atoms with Gasteiger partial charge in [-0.05, 0) is 68.6 Å². The third-order valence-electron chi connectivity index (χ3n) is 8.04. The first-order chi connectivity index (χ1) is 16.3. The Morgan fingerprint density at radius 3 is 2.41 bits per heavy atom. The number of alkyl halides is 2. The van der Waals surface area contributed by atoms with Gasteiger partial charge in [0.25, 0.3) is 0 Å². The minimum absolute atomic E-state index is 0.00290. The second kappa shape index (κ2) is 8.10. The number of hydrogen-bond acceptors (Lipinski definition) is 6. The van der Waals surface area contributed by atoms with E-state index >= 15 is 0 Å². The van der Waals surface area contributed by atoms with Crippen LogP contribution in [0.5, 0.6) is 0 Å². The van der Waals surface area contributed by atoms with Crippen molar-refractivity contribution in [3.8, 4) is 0 Å². The molecule has 10 heteroatoms. The summed E-state index contributed by atoms with van der Waals surface area (Å²) in [5.74, 6) is -3.18. The average Bonchev–Trinajstić information content (AvgIpc) is 3.18. The Labute approximate surface area is 204 Å². The van der Waals surface area contributed by atoms with Crippen LogP contribution in [-0.2, 0) is 16.7 Å². The highest BCUT2D eigenvalue weighted by Crippen LogP contribution is 2.48. The first-order valence-electron chi connectivity index (χ1n) is 11.9. The van der Waals surface area contributed by atoms with E-state index in [9.17, 15) is 18.1 Å². The van der Waals surface area contributed by atoms with Gasteiger partial charge in [0.2, 0.25) is 5.95 Å². The number of aliphatic hydroxyl groups excluding tert-OH is 1. The molecule has 1 aromatic heterocycles. The number of aromatic nitrogens is 2. The molecule has 2 N–H and O–H groups in total. The van der Waals surface area contributed by atoms with Crippen molar-refractivity contribution in [1.82, 2.24) is 9.97 Å². The fraction of sp³-hybridized carbons (Fsp3) is 0.583. The van der Waals surface area contributed by atoms with E-state index in [-0.39, 0.29) is 35.4 Å². The maximum Gasteiger partial charge on any atom is 0.302 e. The maximum absolute atomic E-state index is 14.9. The molecule has 182 valence electrons. The molecule has 4 heterocycles. The van der Waals surface area contributed by atoms with Crippen LogP contribution in [0.15, 0.2) is 29.2 Å². The summed E-state index contributed by atoms with van der Waals surface area (Å²) in [7, 11) is -1.89. The standard InChI is InChI=1S/C24H27ClF2N4O2S/c25-16-4-2-14(3-5-16)15-10-17-6-7-18(11-15)31(17)22-28-20-19(34(33)13-24(20,26)27)21(29-22)30-23(12-32)8-1-9-23/h2-5,15,17-18,32H,1,6-13H2,(H,28,29,30). The summed E-state index contributed by atoms with van der Waals surface area (Å²) in [6.45, 7) is -0.123. The topological polar surface area (TPSA) is 78.4 Å². The van der Waals surface area contributed by atoms with Crippen LogP contribution in [0.4, 0.5) is 20.5 Å². The number of fused-ring (bicyclic) bond motifs is 3. The van der Waals surface area contributed by atoms with Crippen molar-refractivity contribution in [2.75, 3.05) is 22.6 Å². The number of rotatable bonds is 5. The number of piperidine rings is 1. The molecule has 0 radical (unpaired) electrons. The highest BCUT2D eigenvalue weighted by molar-refractivity contribution is 7.85. The molecule has 2 aromatic rings. The fourth-order valence-corrected chi connectivity index (χ4v) is 7.55. The summed E-state index contributed by atoms with van der Waals surface area (Å²) in [6.07, 6.45) is 6.09. The molecule has 1 saturated carbocycles. The summed E-state index contributed by atoms with van der Waals surface area (Å²) < 4.78 is 42.4. The monoisotopic (exact) mass is 508 g/mol. The van der Waals surface area contributed by atoms with E-state index in [0.29, 0.717) is 10.9 Å². The average molecular weight is 509 g/mol. The quantitative estimate of drug-likeness (QED) is 0.615. The first kappa shape index (κ1) is 22.6. The Kier molecular flexibility index (Phi) is 5.39. The van der Waals surface area contributed by atoms with Crippen molar-refractivity contribution in [3.63, 3.8) is 0 Å². The molecule has 3 fully saturated rings. The van der Waals surface area contributed by atoms with Gasteiger partial charge in [0.05, 0.1) is 28.7 Å². The third-order valence-corrected chi connectivity index (χ3v) is 9.76. The van der Waals surface area contributed by atoms with Crippen LogP contribution >= 0.6 is 11.6 Å². The van der Waals surface area contributed by atoms with Crippen LogP contribution in [0.3, 0.4) is 0 Å². The number of nitrogens with one attached hydrogen (secondary N) is 1. The molecule has 3 aliphatic heterocycles. The van der Waals surface area contributed by atoms with Gasteiger partial charge in [0, 0.05) is 17.1 Å². The van der Waals surface area contributed by atoms with Crippen LogP contribution in [0.1, 0.15) is 62.1 Å². The van der Waals surface area contributed by atoms with E-state index in [4.69, 9.17) is 16.6 Å². The van der Waals surface area contributed by atoms with Crippen molar-refractivity contribution in [1.29, 1.82) is 0 Å². The molecule has 6 nitrogen and oxygen atoms in total. The van der Waals surface area contributed by atoms with E-state index in [1.54, 1.807) is 0 Å². The van der Waals surface area contributed by atoms with Gasteiger partial charge in [-0.15, -0.1) is 0 Å². The maximum atomic E-state index is 14.9. The molecular formula is C24H27ClF2N4O2S. The molecule has 1 aromatic carbocycles. The van der Waals surface area contributed by atoms with E-state index in [0.717, 1.165) is 44.9 Å². The zero-order valence-electron chi connectivity index (χ0n) is 18.6. The zero-order chi connectivity index (χ0) is 23.7. The van der Waals surface area contributed by atoms with E-state index < -0.39 is 33.7 Å². The lowest BCUT2D eigenvalue weighted by Crippen LogP contribution is -2.49. The van der Waals surface area contributed by atoms with Crippen LogP contribution in [-0.4, -0.2) is 49.3 Å². The predicted molar refractivity (Wildman–Crippen MR) is 127 cm³/mol. The van der Waals surface area contributed by atoms with Gasteiger partial charge in [0.15, 0.2) is 0 Å². The molecule has 34 heavy (non-hydrogen) atoms. The van der Waals surface area contributed by atoms with Gasteiger partial charge in [-0.25, -0.2) is 4.98 Å². The molecule has 0 spiro atoms. The fourth-order valence-electron chi connectivity index (χ4n) is 6.10. The summed E-state index contributed by atoms with van der Waals surface area (Å²) in [4.78, 5) is 11.2. The SMILES string of the molecule is O=S1CC(F)(F)c2nc(N3C4CCC3CC(c3ccc(Cl)cc3)C4)nc(NC3(CO)CCC3)c21. The Balaban J connectivity index is 1.36. The van der Waals surface area contributed by atoms with E-state index in [1.807, 2.05) is 12.1 Å². The third kappa shape index (κ3) is 3.62. The van der Waals surface area contributed by atoms with Gasteiger partial charge in [0.1, 0.15) is 16.4 Å². The molecule has 0 amide bonds. The van der Waals surface area contributed by atoms with Crippen molar-refractivity contribution in [2.45, 2.75) is 79.3 Å². The highest BCUT2D eigenvalue weighted by atomic mass is 35.5. The zero-order valence-corrected chi connectivity index (χ0v) is 20.2. The number of hydrogen-bond donors (Lipinski definition) is 2. The van der Waals surface area contributed by atoms with Gasteiger partial charge in [-0.1, -0.05) is 23.7 Å². The molecule has 3 atom stereocenters. The normalized spacial score (nSPS) is 30.6. The lowest BCUT2D eigenvalue weighted by atomic mass is 9.77. The molecular weight excluding hydrogens is 482 g/mol. The number of halogens is 3. The Hall–Kier alpha value is -1.84. The Bertz CT molecular complexity index is 1130. The molecule has 2 saturated heterocycles. The molecule has 6 rings (SSSR count). The first-order valence-corrected chi connectivity index (χ1v) is 13.6. The van der Waals surface area contributed by atoms with E-state index in [2.05, 4.69) is 27.3 Å². The second-order valence-electron chi connectivity index (χ2n) is 10.2. The second-order valence-corrected chi connectivity index (χ2v) is 12.0. The number of anilines is 2. The van der Waals surface area contributed by atoms with Crippen molar-refractivity contribution >= 4 is 34.2 Å². The Morgan fingerprint density at radius 2 is 1.82 bits per heavy atom. The molecule has 2 bridgehead atoms. The lowest BCUT2D eigenvalue weighted by molar-refractivity contribution is 0.0191. The molecule has 3 unspecified atom stereocenters. The van der Waals surface area contributed by atoms with Crippen LogP contribution in [0, 0.1) is 0 Å². The van der Waals surface area contributed by atoms with Crippen LogP contribution in [0.25, 0.3) is 0 Å². The summed E-state index contributed by atoms with van der Waals surface area (Å²) in [5.41, 5.74) is 0.224. The van der Waals surface area contributed by atoms with E-state index in [1.165, 1.54) is 5.56 Å². The summed E-state index contributed by atoms with van der Waals surface area (Å²) in [5, 5.41) is 13.9. The van der Waals surface area contributed by atoms with Crippen LogP contribution in [0.2, 0.25) is 5.02 Å². The summed E-state index contributed by atoms with van der Waals surface area (Å²) >= 11 is 6.06. The molecule has 1 aliphatic carbocycles. The highest BCUT2D eigenvalue weighted by Gasteiger charge is 2.51. The number of benzene rings is 1. The van der Waals surface area contributed by atoms with Crippen LogP contribution < -0.4 is 10.2 Å². The van der Waals surface area contributed by atoms with Crippen molar-refractivity contribution in [3.05, 3.63) is 40.5 Å². The van der Waals surface area contributed by atoms with Gasteiger partial charge < -0.3 is 15.3 Å². The summed E-state index contributed by atoms with van der Waals surface area (Å²) in [6, 6.07) is 8.26. The lowest BCUT2D eigenvalue weighted by Gasteiger charge is -2.42. The largest absolute Gasteiger partial charge is 0.394 e. The number of nitrogens with zero attached hydrogens (tertiary/aromatic N) is 3. The van der Waals surface area contributed by atoms with Crippen molar-refractivity contribution in [2.24, 2.45) is 0 Å². The number of aliphatic hydroxyl groups is 1. The van der Waals surface area contributed by atoms with Gasteiger partial charge >= 0.3 is 5.92 Å². The van der Waals surface area contributed by atoms with Gasteiger partial charge in [-0.3, -0.25) is 4.21 Å². The van der Waals surface area contributed by atoms with Gasteiger partial charge in [-0.2, -0.15) is 13.8 Å². The minimum atomic E-state index is -3.26. The minimum Gasteiger partial charge on any atom is -0.394 e. The Morgan fingerprint density at radius 1 is 1.15 bits per heavy atom. The molecule has 4 aliphatic rings.